The van der Waals surface area contributed by atoms with Gasteiger partial charge in [-0.15, -0.1) is 0 Å². The second-order valence-corrected chi connectivity index (χ2v) is 7.74. The summed E-state index contributed by atoms with van der Waals surface area (Å²) in [5.74, 6) is -0.913. The van der Waals surface area contributed by atoms with Crippen LogP contribution in [0.1, 0.15) is 40.6 Å². The SMILES string of the molecule is CCOC(=O)c1cccc(NC(=O)C2CCN(C(=O)c3cc(-c4ccccn4)n[nH]3)CC2)c1. The summed E-state index contributed by atoms with van der Waals surface area (Å²) in [6.07, 6.45) is 2.78. The minimum atomic E-state index is -0.426. The lowest BCUT2D eigenvalue weighted by molar-refractivity contribution is -0.121. The van der Waals surface area contributed by atoms with Crippen LogP contribution in [0.3, 0.4) is 0 Å². The second kappa shape index (κ2) is 10.1. The Labute approximate surface area is 191 Å². The van der Waals surface area contributed by atoms with Crippen molar-refractivity contribution in [3.63, 3.8) is 0 Å². The molecule has 0 aliphatic carbocycles. The van der Waals surface area contributed by atoms with E-state index < -0.39 is 5.97 Å². The predicted molar refractivity (Wildman–Crippen MR) is 121 cm³/mol. The Hall–Kier alpha value is -4.01. The molecule has 3 aromatic rings. The lowest BCUT2D eigenvalue weighted by atomic mass is 9.95. The van der Waals surface area contributed by atoms with Gasteiger partial charge in [-0.2, -0.15) is 5.10 Å². The van der Waals surface area contributed by atoms with Crippen molar-refractivity contribution in [2.75, 3.05) is 25.0 Å². The zero-order valence-corrected chi connectivity index (χ0v) is 18.3. The van der Waals surface area contributed by atoms with Crippen molar-refractivity contribution in [2.45, 2.75) is 19.8 Å². The number of piperidine rings is 1. The molecule has 0 atom stereocenters. The van der Waals surface area contributed by atoms with Gasteiger partial charge in [0.25, 0.3) is 5.91 Å². The average Bonchev–Trinajstić information content (AvgIpc) is 3.35. The van der Waals surface area contributed by atoms with Crippen LogP contribution >= 0.6 is 0 Å². The third kappa shape index (κ3) is 5.25. The van der Waals surface area contributed by atoms with E-state index in [0.717, 1.165) is 0 Å². The zero-order valence-electron chi connectivity index (χ0n) is 18.3. The molecule has 9 nitrogen and oxygen atoms in total. The van der Waals surface area contributed by atoms with Crippen LogP contribution in [0.4, 0.5) is 5.69 Å². The van der Waals surface area contributed by atoms with Gasteiger partial charge in [0.2, 0.25) is 5.91 Å². The van der Waals surface area contributed by atoms with E-state index in [-0.39, 0.29) is 24.3 Å². The Morgan fingerprint density at radius 2 is 1.91 bits per heavy atom. The molecule has 2 aromatic heterocycles. The van der Waals surface area contributed by atoms with Crippen molar-refractivity contribution in [3.8, 4) is 11.4 Å². The molecular formula is C24H25N5O4. The van der Waals surface area contributed by atoms with Crippen molar-refractivity contribution in [1.29, 1.82) is 0 Å². The fourth-order valence-electron chi connectivity index (χ4n) is 3.77. The molecule has 2 N–H and O–H groups in total. The number of rotatable bonds is 6. The van der Waals surface area contributed by atoms with Crippen molar-refractivity contribution >= 4 is 23.5 Å². The number of carbonyl (C=O) groups excluding carboxylic acids is 3. The summed E-state index contributed by atoms with van der Waals surface area (Å²) in [7, 11) is 0. The molecular weight excluding hydrogens is 422 g/mol. The van der Waals surface area contributed by atoms with Crippen LogP contribution in [0.2, 0.25) is 0 Å². The van der Waals surface area contributed by atoms with Crippen LogP contribution in [0, 0.1) is 5.92 Å². The molecule has 9 heteroatoms. The summed E-state index contributed by atoms with van der Waals surface area (Å²) in [6.45, 7) is 2.97. The van der Waals surface area contributed by atoms with Gasteiger partial charge in [-0.05, 0) is 56.2 Å². The topological polar surface area (TPSA) is 117 Å². The molecule has 170 valence electrons. The van der Waals surface area contributed by atoms with Crippen molar-refractivity contribution in [2.24, 2.45) is 5.92 Å². The largest absolute Gasteiger partial charge is 0.462 e. The second-order valence-electron chi connectivity index (χ2n) is 7.74. The number of ether oxygens (including phenoxy) is 1. The Morgan fingerprint density at radius 3 is 2.64 bits per heavy atom. The van der Waals surface area contributed by atoms with Crippen LogP contribution in [-0.4, -0.2) is 57.6 Å². The highest BCUT2D eigenvalue weighted by molar-refractivity contribution is 5.96. The molecule has 1 aliphatic rings. The quantitative estimate of drug-likeness (QED) is 0.561. The van der Waals surface area contributed by atoms with Crippen molar-refractivity contribution in [1.82, 2.24) is 20.1 Å². The van der Waals surface area contributed by atoms with E-state index in [1.807, 2.05) is 18.2 Å². The van der Waals surface area contributed by atoms with Crippen molar-refractivity contribution < 1.29 is 19.1 Å². The molecule has 0 bridgehead atoms. The number of carbonyl (C=O) groups is 3. The van der Waals surface area contributed by atoms with E-state index in [1.54, 1.807) is 48.4 Å². The molecule has 1 aromatic carbocycles. The third-order valence-corrected chi connectivity index (χ3v) is 5.53. The maximum atomic E-state index is 12.9. The van der Waals surface area contributed by atoms with Crippen molar-refractivity contribution in [3.05, 3.63) is 66.0 Å². The highest BCUT2D eigenvalue weighted by atomic mass is 16.5. The number of anilines is 1. The zero-order chi connectivity index (χ0) is 23.2. The number of benzene rings is 1. The number of aromatic amines is 1. The molecule has 0 unspecified atom stereocenters. The van der Waals surface area contributed by atoms with E-state index in [4.69, 9.17) is 4.74 Å². The highest BCUT2D eigenvalue weighted by Gasteiger charge is 2.29. The maximum Gasteiger partial charge on any atom is 0.338 e. The molecule has 1 saturated heterocycles. The molecule has 0 spiro atoms. The minimum Gasteiger partial charge on any atom is -0.462 e. The van der Waals surface area contributed by atoms with Gasteiger partial charge in [-0.3, -0.25) is 19.7 Å². The van der Waals surface area contributed by atoms with Gasteiger partial charge in [0, 0.05) is 30.9 Å². The molecule has 1 fully saturated rings. The monoisotopic (exact) mass is 447 g/mol. The summed E-state index contributed by atoms with van der Waals surface area (Å²) < 4.78 is 5.00. The number of pyridine rings is 1. The first-order valence-corrected chi connectivity index (χ1v) is 10.9. The number of amides is 2. The van der Waals surface area contributed by atoms with E-state index in [0.29, 0.717) is 54.3 Å². The lowest BCUT2D eigenvalue weighted by Gasteiger charge is -2.31. The summed E-state index contributed by atoms with van der Waals surface area (Å²) in [5.41, 5.74) is 2.63. The van der Waals surface area contributed by atoms with Crippen LogP contribution < -0.4 is 5.32 Å². The summed E-state index contributed by atoms with van der Waals surface area (Å²) >= 11 is 0. The number of aromatic nitrogens is 3. The predicted octanol–water partition coefficient (Wildman–Crippen LogP) is 3.14. The summed E-state index contributed by atoms with van der Waals surface area (Å²) in [4.78, 5) is 43.5. The number of likely N-dealkylation sites (tertiary alicyclic amines) is 1. The molecule has 2 amide bonds. The minimum absolute atomic E-state index is 0.123. The standard InChI is InChI=1S/C24H25N5O4/c1-2-33-24(32)17-6-5-7-18(14-17)26-22(30)16-9-12-29(13-10-16)23(31)21-15-20(27-28-21)19-8-3-4-11-25-19/h3-8,11,14-16H,2,9-10,12-13H2,1H3,(H,26,30)(H,27,28). The molecule has 4 rings (SSSR count). The number of hydrogen-bond acceptors (Lipinski definition) is 6. The lowest BCUT2D eigenvalue weighted by Crippen LogP contribution is -2.41. The third-order valence-electron chi connectivity index (χ3n) is 5.53. The first-order valence-electron chi connectivity index (χ1n) is 10.9. The summed E-state index contributed by atoms with van der Waals surface area (Å²) in [6, 6.07) is 13.9. The number of esters is 1. The van der Waals surface area contributed by atoms with E-state index in [1.165, 1.54) is 0 Å². The smallest absolute Gasteiger partial charge is 0.338 e. The van der Waals surface area contributed by atoms with E-state index in [9.17, 15) is 14.4 Å². The van der Waals surface area contributed by atoms with Crippen LogP contribution in [0.5, 0.6) is 0 Å². The van der Waals surface area contributed by atoms with Crippen LogP contribution in [0.15, 0.2) is 54.7 Å². The first kappa shape index (κ1) is 22.2. The Bertz CT molecular complexity index is 1140. The van der Waals surface area contributed by atoms with Crippen LogP contribution in [0.25, 0.3) is 11.4 Å². The molecule has 1 aliphatic heterocycles. The van der Waals surface area contributed by atoms with Gasteiger partial charge in [0.1, 0.15) is 11.4 Å². The number of H-pyrrole nitrogens is 1. The fourth-order valence-corrected chi connectivity index (χ4v) is 3.77. The summed E-state index contributed by atoms with van der Waals surface area (Å²) in [5, 5.41) is 9.86. The van der Waals surface area contributed by atoms with E-state index >= 15 is 0 Å². The molecule has 3 heterocycles. The van der Waals surface area contributed by atoms with Gasteiger partial charge >= 0.3 is 5.97 Å². The van der Waals surface area contributed by atoms with Gasteiger partial charge in [-0.1, -0.05) is 12.1 Å². The fraction of sp³-hybridized carbons (Fsp3) is 0.292. The average molecular weight is 447 g/mol. The number of nitrogens with one attached hydrogen (secondary N) is 2. The van der Waals surface area contributed by atoms with E-state index in [2.05, 4.69) is 20.5 Å². The first-order chi connectivity index (χ1) is 16.0. The van der Waals surface area contributed by atoms with Crippen LogP contribution in [-0.2, 0) is 9.53 Å². The maximum absolute atomic E-state index is 12.9. The number of hydrogen-bond donors (Lipinski definition) is 2. The van der Waals surface area contributed by atoms with Gasteiger partial charge in [0.05, 0.1) is 17.9 Å². The normalized spacial score (nSPS) is 14.0. The number of nitrogens with zero attached hydrogens (tertiary/aromatic N) is 3. The molecule has 33 heavy (non-hydrogen) atoms. The Balaban J connectivity index is 1.32. The Morgan fingerprint density at radius 1 is 1.09 bits per heavy atom. The Kier molecular flexibility index (Phi) is 6.77. The van der Waals surface area contributed by atoms with Gasteiger partial charge < -0.3 is 15.0 Å². The highest BCUT2D eigenvalue weighted by Crippen LogP contribution is 2.22. The molecule has 0 saturated carbocycles. The van der Waals surface area contributed by atoms with Gasteiger partial charge in [-0.25, -0.2) is 4.79 Å². The molecule has 0 radical (unpaired) electrons. The van der Waals surface area contributed by atoms with Gasteiger partial charge in [0.15, 0.2) is 0 Å².